The smallest absolute Gasteiger partial charge is 0.275 e. The monoisotopic (exact) mass is 456 g/mol. The van der Waals surface area contributed by atoms with Crippen LogP contribution in [0.2, 0.25) is 0 Å². The van der Waals surface area contributed by atoms with E-state index in [1.54, 1.807) is 24.0 Å². The third kappa shape index (κ3) is 5.26. The van der Waals surface area contributed by atoms with Crippen LogP contribution in [0.15, 0.2) is 39.3 Å². The van der Waals surface area contributed by atoms with E-state index in [1.165, 1.54) is 17.7 Å². The summed E-state index contributed by atoms with van der Waals surface area (Å²) in [5.41, 5.74) is 7.67. The Hall–Kier alpha value is -3.38. The van der Waals surface area contributed by atoms with Crippen molar-refractivity contribution in [2.24, 2.45) is 10.7 Å². The Morgan fingerprint density at radius 3 is 2.97 bits per heavy atom. The van der Waals surface area contributed by atoms with Crippen LogP contribution in [0.4, 0.5) is 0 Å². The molecule has 0 bridgehead atoms. The van der Waals surface area contributed by atoms with Crippen LogP contribution in [0.3, 0.4) is 0 Å². The van der Waals surface area contributed by atoms with Gasteiger partial charge < -0.3 is 20.2 Å². The number of aromatic amines is 1. The van der Waals surface area contributed by atoms with Gasteiger partial charge in [0.25, 0.3) is 11.8 Å². The van der Waals surface area contributed by atoms with E-state index < -0.39 is 5.91 Å². The van der Waals surface area contributed by atoms with Crippen molar-refractivity contribution in [3.05, 3.63) is 41.4 Å². The molecule has 0 unspecified atom stereocenters. The molecule has 3 aromatic heterocycles. The number of hydrogen-bond acceptors (Lipinski definition) is 10. The summed E-state index contributed by atoms with van der Waals surface area (Å²) in [5, 5.41) is 19.2. The quantitative estimate of drug-likeness (QED) is 0.436. The maximum atomic E-state index is 12.9. The average Bonchev–Trinajstić information content (AvgIpc) is 3.58. The number of aromatic nitrogens is 5. The molecule has 4 rings (SSSR count). The highest BCUT2D eigenvalue weighted by Crippen LogP contribution is 2.24. The molecule has 0 saturated heterocycles. The van der Waals surface area contributed by atoms with Crippen molar-refractivity contribution < 1.29 is 13.9 Å². The van der Waals surface area contributed by atoms with Gasteiger partial charge in [0.05, 0.1) is 24.0 Å². The van der Waals surface area contributed by atoms with Gasteiger partial charge in [-0.1, -0.05) is 0 Å². The molecular formula is C20H24N8O3S. The van der Waals surface area contributed by atoms with E-state index in [-0.39, 0.29) is 29.0 Å². The Morgan fingerprint density at radius 1 is 1.44 bits per heavy atom. The minimum atomic E-state index is -0.417. The highest BCUT2D eigenvalue weighted by atomic mass is 32.1. The van der Waals surface area contributed by atoms with Crippen LogP contribution in [-0.2, 0) is 4.74 Å². The number of hydrogen-bond donors (Lipinski definition) is 3. The molecular weight excluding hydrogens is 432 g/mol. The molecule has 32 heavy (non-hydrogen) atoms. The van der Waals surface area contributed by atoms with E-state index >= 15 is 0 Å². The zero-order valence-electron chi connectivity index (χ0n) is 17.5. The van der Waals surface area contributed by atoms with E-state index in [1.807, 2.05) is 6.92 Å². The fraction of sp³-hybridized carbons (Fsp3) is 0.400. The molecule has 1 aliphatic carbocycles. The number of carbonyl (C=O) groups is 1. The summed E-state index contributed by atoms with van der Waals surface area (Å²) < 4.78 is 10.9. The minimum absolute atomic E-state index is 0.101. The summed E-state index contributed by atoms with van der Waals surface area (Å²) in [6.45, 7) is 2.72. The second-order valence-corrected chi connectivity index (χ2v) is 8.07. The first kappa shape index (κ1) is 21.8. The van der Waals surface area contributed by atoms with E-state index in [0.29, 0.717) is 11.1 Å². The van der Waals surface area contributed by atoms with Crippen molar-refractivity contribution in [1.29, 1.82) is 0 Å². The molecule has 3 heterocycles. The van der Waals surface area contributed by atoms with Crippen molar-refractivity contribution in [2.45, 2.75) is 44.8 Å². The normalized spacial score (nSPS) is 19.8. The van der Waals surface area contributed by atoms with Gasteiger partial charge >= 0.3 is 0 Å². The molecule has 0 spiro atoms. The molecule has 0 radical (unpaired) electrons. The lowest BCUT2D eigenvalue weighted by atomic mass is 9.93. The number of ether oxygens (including phenoxy) is 1. The van der Waals surface area contributed by atoms with Crippen molar-refractivity contribution in [3.8, 4) is 10.6 Å². The van der Waals surface area contributed by atoms with Crippen molar-refractivity contribution in [2.75, 3.05) is 6.61 Å². The van der Waals surface area contributed by atoms with E-state index in [2.05, 4.69) is 35.7 Å². The van der Waals surface area contributed by atoms with Crippen LogP contribution < -0.4 is 11.1 Å². The number of nitrogens with zero attached hydrogens (tertiary/aromatic N) is 5. The van der Waals surface area contributed by atoms with Crippen molar-refractivity contribution >= 4 is 29.2 Å². The molecule has 11 nitrogen and oxygen atoms in total. The van der Waals surface area contributed by atoms with E-state index in [0.717, 1.165) is 37.9 Å². The molecule has 1 amide bonds. The number of carbonyl (C=O) groups excluding carboxylic acids is 1. The second-order valence-electron chi connectivity index (χ2n) is 7.21. The number of nitrogens with one attached hydrogen (secondary N) is 2. The van der Waals surface area contributed by atoms with Crippen LogP contribution in [0, 0.1) is 0 Å². The fourth-order valence-corrected chi connectivity index (χ4v) is 4.20. The summed E-state index contributed by atoms with van der Waals surface area (Å²) in [5.74, 6) is -0.316. The number of amides is 1. The summed E-state index contributed by atoms with van der Waals surface area (Å²) >= 11 is 1.34. The SMILES string of the molecule is CCOC1CCC(N=CC(NC(=O)c2csc(-c3cn[nH]c3)n2)=C(N)c2nnco2)CC1. The molecule has 3 aromatic rings. The summed E-state index contributed by atoms with van der Waals surface area (Å²) in [6, 6.07) is 0.126. The molecule has 168 valence electrons. The van der Waals surface area contributed by atoms with Gasteiger partial charge in [-0.05, 0) is 32.6 Å². The van der Waals surface area contributed by atoms with Crippen LogP contribution in [-0.4, -0.2) is 56.3 Å². The topological polar surface area (TPSA) is 157 Å². The molecule has 0 aromatic carbocycles. The molecule has 1 aliphatic rings. The average molecular weight is 457 g/mol. The van der Waals surface area contributed by atoms with Crippen molar-refractivity contribution in [1.82, 2.24) is 30.7 Å². The molecule has 1 saturated carbocycles. The summed E-state index contributed by atoms with van der Waals surface area (Å²) in [6.07, 6.45) is 10.1. The second kappa shape index (κ2) is 10.3. The third-order valence-corrected chi connectivity index (χ3v) is 5.96. The maximum absolute atomic E-state index is 12.9. The molecule has 1 fully saturated rings. The highest BCUT2D eigenvalue weighted by molar-refractivity contribution is 7.13. The first-order valence-corrected chi connectivity index (χ1v) is 11.2. The zero-order valence-corrected chi connectivity index (χ0v) is 18.3. The van der Waals surface area contributed by atoms with Crippen LogP contribution in [0.5, 0.6) is 0 Å². The Kier molecular flexibility index (Phi) is 7.02. The number of nitrogens with two attached hydrogens (primary N) is 1. The Labute approximate surface area is 188 Å². The lowest BCUT2D eigenvalue weighted by Crippen LogP contribution is -2.28. The van der Waals surface area contributed by atoms with Crippen LogP contribution in [0.1, 0.15) is 49.0 Å². The minimum Gasteiger partial charge on any atom is -0.422 e. The maximum Gasteiger partial charge on any atom is 0.275 e. The van der Waals surface area contributed by atoms with Gasteiger partial charge in [0, 0.05) is 30.0 Å². The number of allylic oxidation sites excluding steroid dienone is 1. The predicted octanol–water partition coefficient (Wildman–Crippen LogP) is 2.39. The predicted molar refractivity (Wildman–Crippen MR) is 119 cm³/mol. The van der Waals surface area contributed by atoms with Crippen LogP contribution >= 0.6 is 11.3 Å². The fourth-order valence-electron chi connectivity index (χ4n) is 3.42. The highest BCUT2D eigenvalue weighted by Gasteiger charge is 2.21. The van der Waals surface area contributed by atoms with Crippen LogP contribution in [0.25, 0.3) is 16.3 Å². The summed E-state index contributed by atoms with van der Waals surface area (Å²) in [7, 11) is 0. The largest absolute Gasteiger partial charge is 0.422 e. The molecule has 12 heteroatoms. The third-order valence-electron chi connectivity index (χ3n) is 5.07. The van der Waals surface area contributed by atoms with E-state index in [4.69, 9.17) is 14.9 Å². The standard InChI is InChI=1S/C20H24N8O3S/c1-2-30-14-5-3-13(4-6-14)22-9-15(17(21)19-28-25-11-31-19)26-18(29)16-10-32-20(27-16)12-7-23-24-8-12/h7-11,13-14H,2-6,21H2,1H3,(H,23,24)(H,26,29). The molecule has 4 N–H and O–H groups in total. The number of rotatable bonds is 8. The van der Waals surface area contributed by atoms with Gasteiger partial charge in [0.1, 0.15) is 16.4 Å². The number of aliphatic imine (C=N–C) groups is 1. The Balaban J connectivity index is 1.49. The Morgan fingerprint density at radius 2 is 2.28 bits per heavy atom. The number of thiazole rings is 1. The molecule has 0 aliphatic heterocycles. The van der Waals surface area contributed by atoms with Crippen molar-refractivity contribution in [3.63, 3.8) is 0 Å². The number of H-pyrrole nitrogens is 1. The summed E-state index contributed by atoms with van der Waals surface area (Å²) in [4.78, 5) is 21.9. The van der Waals surface area contributed by atoms with Gasteiger partial charge in [-0.15, -0.1) is 21.5 Å². The van der Waals surface area contributed by atoms with Gasteiger partial charge in [-0.2, -0.15) is 5.10 Å². The first-order valence-electron chi connectivity index (χ1n) is 10.3. The van der Waals surface area contributed by atoms with Gasteiger partial charge in [0.2, 0.25) is 6.39 Å². The zero-order chi connectivity index (χ0) is 22.3. The molecule has 0 atom stereocenters. The lowest BCUT2D eigenvalue weighted by Gasteiger charge is -2.26. The van der Waals surface area contributed by atoms with Gasteiger partial charge in [-0.3, -0.25) is 14.9 Å². The Bertz CT molecular complexity index is 1070. The first-order chi connectivity index (χ1) is 15.6. The van der Waals surface area contributed by atoms with Gasteiger partial charge in [0.15, 0.2) is 0 Å². The van der Waals surface area contributed by atoms with Gasteiger partial charge in [-0.25, -0.2) is 4.98 Å². The lowest BCUT2D eigenvalue weighted by molar-refractivity contribution is 0.0335. The van der Waals surface area contributed by atoms with E-state index in [9.17, 15) is 4.79 Å².